The summed E-state index contributed by atoms with van der Waals surface area (Å²) in [4.78, 5) is 16.9. The lowest BCUT2D eigenvalue weighted by Crippen LogP contribution is -2.30. The Balaban J connectivity index is 1.83. The Kier molecular flexibility index (Phi) is 4.35. The molecular weight excluding hydrogens is 288 g/mol. The lowest BCUT2D eigenvalue weighted by molar-refractivity contribution is 0.0916. The highest BCUT2D eigenvalue weighted by Gasteiger charge is 2.15. The number of pyridine rings is 1. The Morgan fingerprint density at radius 1 is 1.13 bits per heavy atom. The number of nitrogens with one attached hydrogen (secondary N) is 1. The number of rotatable bonds is 4. The molecule has 3 aromatic rings. The Morgan fingerprint density at radius 3 is 2.65 bits per heavy atom. The highest BCUT2D eigenvalue weighted by atomic mass is 16.3. The fourth-order valence-electron chi connectivity index (χ4n) is 2.53. The van der Waals surface area contributed by atoms with Gasteiger partial charge in [0, 0.05) is 16.6 Å². The van der Waals surface area contributed by atoms with E-state index in [4.69, 9.17) is 0 Å². The number of hydrogen-bond acceptors (Lipinski definition) is 3. The van der Waals surface area contributed by atoms with Crippen molar-refractivity contribution in [3.8, 4) is 0 Å². The smallest absolute Gasteiger partial charge is 0.251 e. The third kappa shape index (κ3) is 3.38. The highest BCUT2D eigenvalue weighted by molar-refractivity contribution is 5.98. The standard InChI is InChI=1S/C19H18N2O2/c1-13-7-8-15-11-16(9-10-17(15)20-13)19(23)21-18(12-22)14-5-3-2-4-6-14/h2-11,18,22H,12H2,1H3,(H,21,23). The molecule has 0 aliphatic heterocycles. The van der Waals surface area contributed by atoms with Crippen LogP contribution in [0.15, 0.2) is 60.7 Å². The molecule has 0 spiro atoms. The van der Waals surface area contributed by atoms with Gasteiger partial charge in [-0.2, -0.15) is 0 Å². The summed E-state index contributed by atoms with van der Waals surface area (Å²) >= 11 is 0. The first-order valence-corrected chi connectivity index (χ1v) is 7.51. The molecule has 0 aliphatic carbocycles. The number of hydrogen-bond donors (Lipinski definition) is 2. The zero-order valence-corrected chi connectivity index (χ0v) is 12.9. The van der Waals surface area contributed by atoms with Crippen molar-refractivity contribution in [1.29, 1.82) is 0 Å². The van der Waals surface area contributed by atoms with E-state index in [2.05, 4.69) is 10.3 Å². The molecular formula is C19H18N2O2. The number of aliphatic hydroxyl groups excluding tert-OH is 1. The summed E-state index contributed by atoms with van der Waals surface area (Å²) in [7, 11) is 0. The van der Waals surface area contributed by atoms with Crippen molar-refractivity contribution in [2.24, 2.45) is 0 Å². The van der Waals surface area contributed by atoms with Gasteiger partial charge in [-0.05, 0) is 36.8 Å². The molecule has 1 aromatic heterocycles. The van der Waals surface area contributed by atoms with Gasteiger partial charge in [0.1, 0.15) is 0 Å². The van der Waals surface area contributed by atoms with E-state index >= 15 is 0 Å². The van der Waals surface area contributed by atoms with Crippen molar-refractivity contribution in [3.05, 3.63) is 77.5 Å². The number of aryl methyl sites for hydroxylation is 1. The maximum atomic E-state index is 12.5. The van der Waals surface area contributed by atoms with Crippen molar-refractivity contribution in [3.63, 3.8) is 0 Å². The minimum absolute atomic E-state index is 0.149. The first-order valence-electron chi connectivity index (χ1n) is 7.51. The molecule has 116 valence electrons. The van der Waals surface area contributed by atoms with Crippen LogP contribution in [0.2, 0.25) is 0 Å². The lowest BCUT2D eigenvalue weighted by atomic mass is 10.1. The number of benzene rings is 2. The number of carbonyl (C=O) groups is 1. The van der Waals surface area contributed by atoms with Crippen molar-refractivity contribution >= 4 is 16.8 Å². The summed E-state index contributed by atoms with van der Waals surface area (Å²) in [6.45, 7) is 1.79. The fraction of sp³-hybridized carbons (Fsp3) is 0.158. The predicted molar refractivity (Wildman–Crippen MR) is 90.2 cm³/mol. The van der Waals surface area contributed by atoms with Gasteiger partial charge in [-0.3, -0.25) is 9.78 Å². The topological polar surface area (TPSA) is 62.2 Å². The molecule has 4 nitrogen and oxygen atoms in total. The van der Waals surface area contributed by atoms with Crippen LogP contribution in [0.25, 0.3) is 10.9 Å². The summed E-state index contributed by atoms with van der Waals surface area (Å²) in [5, 5.41) is 13.3. The second-order valence-corrected chi connectivity index (χ2v) is 5.48. The maximum absolute atomic E-state index is 12.5. The zero-order valence-electron chi connectivity index (χ0n) is 12.9. The molecule has 0 radical (unpaired) electrons. The average Bonchev–Trinajstić information content (AvgIpc) is 2.59. The third-order valence-corrected chi connectivity index (χ3v) is 3.78. The molecule has 2 N–H and O–H groups in total. The molecule has 1 heterocycles. The summed E-state index contributed by atoms with van der Waals surface area (Å²) in [6, 6.07) is 18.3. The summed E-state index contributed by atoms with van der Waals surface area (Å²) in [6.07, 6.45) is 0. The van der Waals surface area contributed by atoms with Crippen LogP contribution in [0.5, 0.6) is 0 Å². The third-order valence-electron chi connectivity index (χ3n) is 3.78. The first-order chi connectivity index (χ1) is 11.2. The van der Waals surface area contributed by atoms with Crippen LogP contribution in [0.3, 0.4) is 0 Å². The van der Waals surface area contributed by atoms with Crippen LogP contribution in [0.4, 0.5) is 0 Å². The van der Waals surface area contributed by atoms with E-state index in [1.165, 1.54) is 0 Å². The molecule has 0 fully saturated rings. The minimum Gasteiger partial charge on any atom is -0.394 e. The Bertz CT molecular complexity index is 831. The number of amides is 1. The lowest BCUT2D eigenvalue weighted by Gasteiger charge is -2.17. The molecule has 3 rings (SSSR count). The molecule has 4 heteroatoms. The highest BCUT2D eigenvalue weighted by Crippen LogP contribution is 2.17. The van der Waals surface area contributed by atoms with Gasteiger partial charge in [-0.15, -0.1) is 0 Å². The Labute approximate surface area is 134 Å². The van der Waals surface area contributed by atoms with E-state index in [9.17, 15) is 9.90 Å². The number of fused-ring (bicyclic) bond motifs is 1. The molecule has 1 atom stereocenters. The van der Waals surface area contributed by atoms with E-state index in [1.807, 2.05) is 61.5 Å². The van der Waals surface area contributed by atoms with Gasteiger partial charge in [0.15, 0.2) is 0 Å². The Morgan fingerprint density at radius 2 is 1.91 bits per heavy atom. The first kappa shape index (κ1) is 15.2. The van der Waals surface area contributed by atoms with E-state index < -0.39 is 6.04 Å². The second kappa shape index (κ2) is 6.58. The predicted octanol–water partition coefficient (Wildman–Crippen LogP) is 3.01. The van der Waals surface area contributed by atoms with Crippen molar-refractivity contribution < 1.29 is 9.90 Å². The SMILES string of the molecule is Cc1ccc2cc(C(=O)NC(CO)c3ccccc3)ccc2n1. The van der Waals surface area contributed by atoms with Gasteiger partial charge in [-0.1, -0.05) is 36.4 Å². The van der Waals surface area contributed by atoms with Crippen LogP contribution in [-0.4, -0.2) is 22.6 Å². The molecule has 1 amide bonds. The van der Waals surface area contributed by atoms with Crippen molar-refractivity contribution in [1.82, 2.24) is 10.3 Å². The molecule has 0 bridgehead atoms. The summed E-state index contributed by atoms with van der Waals surface area (Å²) in [5.74, 6) is -0.213. The molecule has 23 heavy (non-hydrogen) atoms. The number of nitrogens with zero attached hydrogens (tertiary/aromatic N) is 1. The summed E-state index contributed by atoms with van der Waals surface area (Å²) < 4.78 is 0. The van der Waals surface area contributed by atoms with Crippen LogP contribution in [0.1, 0.15) is 27.7 Å². The van der Waals surface area contributed by atoms with Gasteiger partial charge in [0.2, 0.25) is 0 Å². The van der Waals surface area contributed by atoms with Crippen LogP contribution >= 0.6 is 0 Å². The molecule has 0 aliphatic rings. The zero-order chi connectivity index (χ0) is 16.2. The molecule has 0 saturated heterocycles. The monoisotopic (exact) mass is 306 g/mol. The fourth-order valence-corrected chi connectivity index (χ4v) is 2.53. The van der Waals surface area contributed by atoms with Crippen LogP contribution in [-0.2, 0) is 0 Å². The van der Waals surface area contributed by atoms with E-state index in [0.29, 0.717) is 5.56 Å². The van der Waals surface area contributed by atoms with Gasteiger partial charge >= 0.3 is 0 Å². The van der Waals surface area contributed by atoms with Crippen LogP contribution < -0.4 is 5.32 Å². The molecule has 1 unspecified atom stereocenters. The second-order valence-electron chi connectivity index (χ2n) is 5.48. The quantitative estimate of drug-likeness (QED) is 0.779. The van der Waals surface area contributed by atoms with E-state index in [1.54, 1.807) is 6.07 Å². The maximum Gasteiger partial charge on any atom is 0.251 e. The minimum atomic E-state index is -0.421. The van der Waals surface area contributed by atoms with Gasteiger partial charge in [-0.25, -0.2) is 0 Å². The van der Waals surface area contributed by atoms with Crippen LogP contribution in [0, 0.1) is 6.92 Å². The largest absolute Gasteiger partial charge is 0.394 e. The number of aromatic nitrogens is 1. The molecule has 2 aromatic carbocycles. The number of aliphatic hydroxyl groups is 1. The van der Waals surface area contributed by atoms with E-state index in [-0.39, 0.29) is 12.5 Å². The van der Waals surface area contributed by atoms with Crippen molar-refractivity contribution in [2.75, 3.05) is 6.61 Å². The van der Waals surface area contributed by atoms with Crippen molar-refractivity contribution in [2.45, 2.75) is 13.0 Å². The van der Waals surface area contributed by atoms with E-state index in [0.717, 1.165) is 22.2 Å². The van der Waals surface area contributed by atoms with Gasteiger partial charge in [0.05, 0.1) is 18.2 Å². The van der Waals surface area contributed by atoms with Gasteiger partial charge in [0.25, 0.3) is 5.91 Å². The number of carbonyl (C=O) groups excluding carboxylic acids is 1. The normalized spacial score (nSPS) is 12.1. The summed E-state index contributed by atoms with van der Waals surface area (Å²) in [5.41, 5.74) is 3.24. The average molecular weight is 306 g/mol. The van der Waals surface area contributed by atoms with Gasteiger partial charge < -0.3 is 10.4 Å². The molecule has 0 saturated carbocycles. The Hall–Kier alpha value is -2.72.